The second-order valence-corrected chi connectivity index (χ2v) is 5.71. The summed E-state index contributed by atoms with van der Waals surface area (Å²) in [6, 6.07) is 5.50. The highest BCUT2D eigenvalue weighted by atomic mass is 32.1. The van der Waals surface area contributed by atoms with E-state index in [0.717, 1.165) is 12.6 Å². The van der Waals surface area contributed by atoms with Gasteiger partial charge in [-0.2, -0.15) is 13.2 Å². The maximum Gasteiger partial charge on any atom is 0.417 e. The van der Waals surface area contributed by atoms with Crippen LogP contribution in [0.4, 0.5) is 18.3 Å². The van der Waals surface area contributed by atoms with Crippen molar-refractivity contribution in [2.75, 3.05) is 11.9 Å². The monoisotopic (exact) mass is 300 g/mol. The number of aromatic nitrogens is 1. The van der Waals surface area contributed by atoms with Gasteiger partial charge in [0.15, 0.2) is 5.13 Å². The lowest BCUT2D eigenvalue weighted by Gasteiger charge is -2.10. The molecule has 1 aromatic heterocycles. The van der Waals surface area contributed by atoms with Crippen LogP contribution in [0, 0.1) is 5.92 Å². The maximum atomic E-state index is 13.0. The third-order valence-corrected chi connectivity index (χ3v) is 3.47. The highest BCUT2D eigenvalue weighted by Gasteiger charge is 2.33. The van der Waals surface area contributed by atoms with Gasteiger partial charge in [-0.15, -0.1) is 11.3 Å². The van der Waals surface area contributed by atoms with Gasteiger partial charge >= 0.3 is 6.18 Å². The first kappa shape index (κ1) is 14.8. The molecule has 0 bridgehead atoms. The van der Waals surface area contributed by atoms with Crippen LogP contribution in [0.1, 0.15) is 19.4 Å². The van der Waals surface area contributed by atoms with Crippen molar-refractivity contribution in [3.05, 3.63) is 35.2 Å². The Kier molecular flexibility index (Phi) is 4.32. The number of hydrogen-bond donors (Lipinski definition) is 1. The Morgan fingerprint density at radius 3 is 2.60 bits per heavy atom. The topological polar surface area (TPSA) is 24.9 Å². The van der Waals surface area contributed by atoms with Crippen molar-refractivity contribution >= 4 is 16.5 Å². The number of alkyl halides is 3. The molecule has 0 atom stereocenters. The zero-order valence-corrected chi connectivity index (χ0v) is 12.0. The van der Waals surface area contributed by atoms with Crippen LogP contribution < -0.4 is 5.32 Å². The van der Waals surface area contributed by atoms with Crippen molar-refractivity contribution < 1.29 is 13.2 Å². The molecule has 2 aromatic rings. The average Bonchev–Trinajstić information content (AvgIpc) is 2.84. The minimum Gasteiger partial charge on any atom is -0.361 e. The first-order chi connectivity index (χ1) is 9.38. The van der Waals surface area contributed by atoms with Crippen LogP contribution in [0.15, 0.2) is 29.6 Å². The van der Waals surface area contributed by atoms with E-state index in [0.29, 0.717) is 16.7 Å². The lowest BCUT2D eigenvalue weighted by Crippen LogP contribution is -2.08. The minimum atomic E-state index is -4.37. The molecule has 0 unspecified atom stereocenters. The van der Waals surface area contributed by atoms with Gasteiger partial charge in [-0.3, -0.25) is 0 Å². The van der Waals surface area contributed by atoms with Crippen LogP contribution in [0.25, 0.3) is 11.3 Å². The lowest BCUT2D eigenvalue weighted by atomic mass is 10.1. The van der Waals surface area contributed by atoms with Gasteiger partial charge in [-0.25, -0.2) is 4.98 Å². The van der Waals surface area contributed by atoms with Crippen molar-refractivity contribution in [2.24, 2.45) is 5.92 Å². The highest BCUT2D eigenvalue weighted by molar-refractivity contribution is 7.14. The normalized spacial score (nSPS) is 11.9. The van der Waals surface area contributed by atoms with Gasteiger partial charge in [-0.05, 0) is 12.0 Å². The van der Waals surface area contributed by atoms with Crippen molar-refractivity contribution in [3.63, 3.8) is 0 Å². The summed E-state index contributed by atoms with van der Waals surface area (Å²) < 4.78 is 38.9. The maximum absolute atomic E-state index is 13.0. The van der Waals surface area contributed by atoms with E-state index in [1.165, 1.54) is 23.5 Å². The Balaban J connectivity index is 2.29. The number of rotatable bonds is 4. The van der Waals surface area contributed by atoms with Gasteiger partial charge in [0.25, 0.3) is 0 Å². The van der Waals surface area contributed by atoms with Gasteiger partial charge in [0.2, 0.25) is 0 Å². The zero-order valence-electron chi connectivity index (χ0n) is 11.2. The number of hydrogen-bond acceptors (Lipinski definition) is 3. The van der Waals surface area contributed by atoms with E-state index in [1.54, 1.807) is 11.4 Å². The first-order valence-electron chi connectivity index (χ1n) is 6.24. The molecule has 0 aliphatic rings. The Hall–Kier alpha value is -1.56. The standard InChI is InChI=1S/C14H15F3N2S/c1-9(2)7-18-13-19-12(8-20-13)10-5-3-4-6-11(10)14(15,16)17/h3-6,8-9H,7H2,1-2H3,(H,18,19). The number of nitrogens with one attached hydrogen (secondary N) is 1. The molecule has 0 radical (unpaired) electrons. The molecule has 1 heterocycles. The zero-order chi connectivity index (χ0) is 14.8. The molecule has 1 aromatic carbocycles. The molecule has 0 aliphatic heterocycles. The fourth-order valence-corrected chi connectivity index (χ4v) is 2.44. The van der Waals surface area contributed by atoms with Crippen LogP contribution >= 0.6 is 11.3 Å². The summed E-state index contributed by atoms with van der Waals surface area (Å²) in [5.41, 5.74) is -0.177. The number of anilines is 1. The van der Waals surface area contributed by atoms with Gasteiger partial charge in [0.1, 0.15) is 0 Å². The molecule has 2 rings (SSSR count). The number of halogens is 3. The molecule has 0 aliphatic carbocycles. The van der Waals surface area contributed by atoms with E-state index in [2.05, 4.69) is 24.1 Å². The molecule has 2 nitrogen and oxygen atoms in total. The summed E-state index contributed by atoms with van der Waals surface area (Å²) in [7, 11) is 0. The first-order valence-corrected chi connectivity index (χ1v) is 7.12. The Morgan fingerprint density at radius 2 is 1.95 bits per heavy atom. The quantitative estimate of drug-likeness (QED) is 0.869. The van der Waals surface area contributed by atoms with Crippen LogP contribution in [-0.4, -0.2) is 11.5 Å². The van der Waals surface area contributed by atoms with Crippen LogP contribution in [0.5, 0.6) is 0 Å². The second kappa shape index (κ2) is 5.83. The van der Waals surface area contributed by atoms with E-state index in [4.69, 9.17) is 0 Å². The summed E-state index contributed by atoms with van der Waals surface area (Å²) in [5.74, 6) is 0.449. The Morgan fingerprint density at radius 1 is 1.25 bits per heavy atom. The van der Waals surface area contributed by atoms with Gasteiger partial charge in [0, 0.05) is 17.5 Å². The summed E-state index contributed by atoms with van der Waals surface area (Å²) in [6.07, 6.45) is -4.37. The summed E-state index contributed by atoms with van der Waals surface area (Å²) >= 11 is 1.32. The molecule has 20 heavy (non-hydrogen) atoms. The van der Waals surface area contributed by atoms with E-state index >= 15 is 0 Å². The molecule has 108 valence electrons. The third-order valence-electron chi connectivity index (χ3n) is 2.67. The number of nitrogens with zero attached hydrogens (tertiary/aromatic N) is 1. The fraction of sp³-hybridized carbons (Fsp3) is 0.357. The molecular formula is C14H15F3N2S. The highest BCUT2D eigenvalue weighted by Crippen LogP contribution is 2.37. The summed E-state index contributed by atoms with van der Waals surface area (Å²) in [5, 5.41) is 5.41. The minimum absolute atomic E-state index is 0.119. The van der Waals surface area contributed by atoms with E-state index in [9.17, 15) is 13.2 Å². The van der Waals surface area contributed by atoms with Crippen molar-refractivity contribution in [1.29, 1.82) is 0 Å². The van der Waals surface area contributed by atoms with Gasteiger partial charge < -0.3 is 5.32 Å². The molecule has 0 saturated heterocycles. The van der Waals surface area contributed by atoms with Gasteiger partial charge in [-0.1, -0.05) is 32.0 Å². The Bertz CT molecular complexity index is 576. The van der Waals surface area contributed by atoms with Crippen molar-refractivity contribution in [3.8, 4) is 11.3 Å². The lowest BCUT2D eigenvalue weighted by molar-refractivity contribution is -0.137. The third kappa shape index (κ3) is 3.50. The van der Waals surface area contributed by atoms with Crippen molar-refractivity contribution in [1.82, 2.24) is 4.98 Å². The molecule has 6 heteroatoms. The second-order valence-electron chi connectivity index (χ2n) is 4.86. The molecule has 0 fully saturated rings. The molecule has 0 amide bonds. The molecule has 1 N–H and O–H groups in total. The van der Waals surface area contributed by atoms with Crippen molar-refractivity contribution in [2.45, 2.75) is 20.0 Å². The van der Waals surface area contributed by atoms with Crippen LogP contribution in [0.2, 0.25) is 0 Å². The molecule has 0 spiro atoms. The molecule has 0 saturated carbocycles. The smallest absolute Gasteiger partial charge is 0.361 e. The number of benzene rings is 1. The largest absolute Gasteiger partial charge is 0.417 e. The van der Waals surface area contributed by atoms with E-state index < -0.39 is 11.7 Å². The summed E-state index contributed by atoms with van der Waals surface area (Å²) in [6.45, 7) is 4.86. The molecular weight excluding hydrogens is 285 g/mol. The fourth-order valence-electron chi connectivity index (χ4n) is 1.72. The predicted molar refractivity (Wildman–Crippen MR) is 75.9 cm³/mol. The van der Waals surface area contributed by atoms with E-state index in [-0.39, 0.29) is 5.56 Å². The number of thiazole rings is 1. The predicted octanol–water partition coefficient (Wildman–Crippen LogP) is 4.90. The van der Waals surface area contributed by atoms with Crippen LogP contribution in [-0.2, 0) is 6.18 Å². The SMILES string of the molecule is CC(C)CNc1nc(-c2ccccc2C(F)(F)F)cs1. The van der Waals surface area contributed by atoms with E-state index in [1.807, 2.05) is 0 Å². The van der Waals surface area contributed by atoms with Gasteiger partial charge in [0.05, 0.1) is 11.3 Å². The summed E-state index contributed by atoms with van der Waals surface area (Å²) in [4.78, 5) is 4.23. The Labute approximate surface area is 119 Å². The van der Waals surface area contributed by atoms with Crippen LogP contribution in [0.3, 0.4) is 0 Å². The average molecular weight is 300 g/mol.